The van der Waals surface area contributed by atoms with E-state index >= 15 is 0 Å². The summed E-state index contributed by atoms with van der Waals surface area (Å²) in [6.07, 6.45) is -4.01. The molecule has 46 heavy (non-hydrogen) atoms. The van der Waals surface area contributed by atoms with E-state index in [2.05, 4.69) is 0 Å². The van der Waals surface area contributed by atoms with Crippen LogP contribution in [0.1, 0.15) is 50.8 Å². The van der Waals surface area contributed by atoms with Crippen LogP contribution in [0, 0.1) is 0 Å². The topological polar surface area (TPSA) is 116 Å². The molecule has 0 N–H and O–H groups in total. The first-order valence-corrected chi connectivity index (χ1v) is 15.7. The molecule has 3 aromatic carbocycles. The zero-order valence-corrected chi connectivity index (χ0v) is 26.9. The van der Waals surface area contributed by atoms with Crippen LogP contribution in [0.2, 0.25) is 15.1 Å². The van der Waals surface area contributed by atoms with Crippen molar-refractivity contribution in [3.8, 4) is 0 Å². The average Bonchev–Trinajstić information content (AvgIpc) is 3.62. The van der Waals surface area contributed by atoms with Crippen LogP contribution in [0.3, 0.4) is 0 Å². The zero-order chi connectivity index (χ0) is 32.6. The Morgan fingerprint density at radius 3 is 1.43 bits per heavy atom. The van der Waals surface area contributed by atoms with Gasteiger partial charge in [-0.2, -0.15) is 0 Å². The molecule has 0 amide bonds. The maximum Gasteiger partial charge on any atom is 0.338 e. The molecule has 2 unspecified atom stereocenters. The minimum Gasteiger partial charge on any atom is -0.459 e. The molecule has 2 aliphatic rings. The van der Waals surface area contributed by atoms with Crippen LogP contribution in [0.25, 0.3) is 0 Å². The van der Waals surface area contributed by atoms with Crippen LogP contribution >= 0.6 is 34.8 Å². The molecule has 3 aromatic rings. The third kappa shape index (κ3) is 9.19. The molecule has 2 heterocycles. The molecular formula is C33H31Cl3O10. The van der Waals surface area contributed by atoms with Crippen LogP contribution in [0.15, 0.2) is 72.8 Å². The van der Waals surface area contributed by atoms with Gasteiger partial charge < -0.3 is 33.2 Å². The summed E-state index contributed by atoms with van der Waals surface area (Å²) in [7, 11) is 0. The molecular weight excluding hydrogens is 663 g/mol. The van der Waals surface area contributed by atoms with Gasteiger partial charge in [-0.25, -0.2) is 14.4 Å². The second-order valence-corrected chi connectivity index (χ2v) is 11.8. The Bertz CT molecular complexity index is 1480. The van der Waals surface area contributed by atoms with E-state index in [-0.39, 0.29) is 25.2 Å². The van der Waals surface area contributed by atoms with Gasteiger partial charge in [0.25, 0.3) is 0 Å². The van der Waals surface area contributed by atoms with E-state index < -0.39 is 54.9 Å². The summed E-state index contributed by atoms with van der Waals surface area (Å²) in [5.74, 6) is -1.74. The van der Waals surface area contributed by atoms with Crippen LogP contribution in [0.4, 0.5) is 0 Å². The van der Waals surface area contributed by atoms with Gasteiger partial charge in [-0.15, -0.1) is 0 Å². The van der Waals surface area contributed by atoms with E-state index in [1.807, 2.05) is 6.92 Å². The fourth-order valence-electron chi connectivity index (χ4n) is 4.91. The van der Waals surface area contributed by atoms with Crippen molar-refractivity contribution in [3.63, 3.8) is 0 Å². The SMILES string of the molecule is CCOC1C[C@H](OC(=O)c2ccc(Cl)cc2)[C@@H](COC2C[C@H](OC(=O)c3ccc(Cl)cc3)[C@@H](COC(=O)c3ccc(Cl)cc3)O2)O1. The number of ether oxygens (including phenoxy) is 7. The van der Waals surface area contributed by atoms with Crippen LogP contribution in [-0.2, 0) is 33.2 Å². The second kappa shape index (κ2) is 16.1. The first kappa shape index (κ1) is 34.1. The molecule has 0 spiro atoms. The lowest BCUT2D eigenvalue weighted by atomic mass is 10.1. The monoisotopic (exact) mass is 692 g/mol. The molecule has 244 valence electrons. The predicted molar refractivity (Wildman–Crippen MR) is 167 cm³/mol. The average molecular weight is 694 g/mol. The second-order valence-electron chi connectivity index (χ2n) is 10.5. The molecule has 0 aromatic heterocycles. The highest BCUT2D eigenvalue weighted by Gasteiger charge is 2.43. The first-order chi connectivity index (χ1) is 22.2. The third-order valence-electron chi connectivity index (χ3n) is 7.27. The first-order valence-electron chi connectivity index (χ1n) is 14.6. The Morgan fingerprint density at radius 2 is 1.00 bits per heavy atom. The van der Waals surface area contributed by atoms with Crippen molar-refractivity contribution in [2.24, 2.45) is 0 Å². The van der Waals surface area contributed by atoms with Crippen LogP contribution < -0.4 is 0 Å². The summed E-state index contributed by atoms with van der Waals surface area (Å²) in [6.45, 7) is 1.99. The van der Waals surface area contributed by atoms with Crippen molar-refractivity contribution in [3.05, 3.63) is 105 Å². The van der Waals surface area contributed by atoms with Gasteiger partial charge in [-0.05, 0) is 79.7 Å². The van der Waals surface area contributed by atoms with E-state index in [0.717, 1.165) is 0 Å². The molecule has 0 saturated carbocycles. The van der Waals surface area contributed by atoms with Gasteiger partial charge in [-0.3, -0.25) is 0 Å². The summed E-state index contributed by atoms with van der Waals surface area (Å²) in [5.41, 5.74) is 0.924. The van der Waals surface area contributed by atoms with Crippen molar-refractivity contribution >= 4 is 52.7 Å². The maximum atomic E-state index is 12.9. The Kier molecular flexibility index (Phi) is 11.9. The van der Waals surface area contributed by atoms with E-state index in [1.165, 1.54) is 12.1 Å². The third-order valence-corrected chi connectivity index (χ3v) is 8.02. The summed E-state index contributed by atoms with van der Waals surface area (Å²) in [5, 5.41) is 1.44. The molecule has 13 heteroatoms. The molecule has 5 rings (SSSR count). The number of esters is 3. The number of hydrogen-bond donors (Lipinski definition) is 0. The van der Waals surface area contributed by atoms with Crippen molar-refractivity contribution in [1.29, 1.82) is 0 Å². The number of carbonyl (C=O) groups is 3. The van der Waals surface area contributed by atoms with Gasteiger partial charge in [-0.1, -0.05) is 34.8 Å². The quantitative estimate of drug-likeness (QED) is 0.153. The van der Waals surface area contributed by atoms with Gasteiger partial charge in [0.2, 0.25) is 0 Å². The molecule has 6 atom stereocenters. The molecule has 2 fully saturated rings. The summed E-state index contributed by atoms with van der Waals surface area (Å²) < 4.78 is 40.7. The highest BCUT2D eigenvalue weighted by atomic mass is 35.5. The summed E-state index contributed by atoms with van der Waals surface area (Å²) in [4.78, 5) is 38.4. The fraction of sp³-hybridized carbons (Fsp3) is 0.364. The summed E-state index contributed by atoms with van der Waals surface area (Å²) in [6, 6.07) is 18.8. The Morgan fingerprint density at radius 1 is 0.609 bits per heavy atom. The van der Waals surface area contributed by atoms with Gasteiger partial charge in [0.05, 0.1) is 23.3 Å². The molecule has 2 saturated heterocycles. The lowest BCUT2D eigenvalue weighted by Gasteiger charge is -2.21. The van der Waals surface area contributed by atoms with Crippen molar-refractivity contribution < 1.29 is 47.5 Å². The molecule has 0 radical (unpaired) electrons. The maximum absolute atomic E-state index is 12.9. The predicted octanol–water partition coefficient (Wildman–Crippen LogP) is 6.54. The normalized spacial score (nSPS) is 24.0. The van der Waals surface area contributed by atoms with E-state index in [9.17, 15) is 14.4 Å². The molecule has 0 aliphatic carbocycles. The Balaban J connectivity index is 1.23. The van der Waals surface area contributed by atoms with Gasteiger partial charge in [0.1, 0.15) is 31.0 Å². The number of carbonyl (C=O) groups excluding carboxylic acids is 3. The lowest BCUT2D eigenvalue weighted by molar-refractivity contribution is -0.186. The van der Waals surface area contributed by atoms with Crippen LogP contribution in [-0.4, -0.2) is 74.7 Å². The minimum absolute atomic E-state index is 0.0259. The number of halogens is 3. The van der Waals surface area contributed by atoms with Crippen molar-refractivity contribution in [2.45, 2.75) is 56.8 Å². The Hall–Kier alpha value is -3.22. The highest BCUT2D eigenvalue weighted by Crippen LogP contribution is 2.30. The zero-order valence-electron chi connectivity index (χ0n) is 24.6. The van der Waals surface area contributed by atoms with E-state index in [4.69, 9.17) is 68.0 Å². The van der Waals surface area contributed by atoms with E-state index in [1.54, 1.807) is 60.7 Å². The summed E-state index contributed by atoms with van der Waals surface area (Å²) >= 11 is 17.8. The van der Waals surface area contributed by atoms with Gasteiger partial charge >= 0.3 is 17.9 Å². The molecule has 2 aliphatic heterocycles. The fourth-order valence-corrected chi connectivity index (χ4v) is 5.29. The van der Waals surface area contributed by atoms with Crippen molar-refractivity contribution in [2.75, 3.05) is 19.8 Å². The number of rotatable bonds is 12. The van der Waals surface area contributed by atoms with E-state index in [0.29, 0.717) is 39.2 Å². The largest absolute Gasteiger partial charge is 0.459 e. The molecule has 10 nitrogen and oxygen atoms in total. The smallest absolute Gasteiger partial charge is 0.338 e. The minimum atomic E-state index is -0.857. The molecule has 0 bridgehead atoms. The Labute approximate surface area is 280 Å². The lowest BCUT2D eigenvalue weighted by Crippen LogP contribution is -2.33. The number of hydrogen-bond acceptors (Lipinski definition) is 10. The van der Waals surface area contributed by atoms with Crippen LogP contribution in [0.5, 0.6) is 0 Å². The highest BCUT2D eigenvalue weighted by molar-refractivity contribution is 6.31. The van der Waals surface area contributed by atoms with Gasteiger partial charge in [0, 0.05) is 34.5 Å². The number of benzene rings is 3. The van der Waals surface area contributed by atoms with Crippen molar-refractivity contribution in [1.82, 2.24) is 0 Å². The van der Waals surface area contributed by atoms with Gasteiger partial charge in [0.15, 0.2) is 12.6 Å². The standard InChI is InChI=1S/C33H31Cl3O10/c1-2-40-29-15-25(45-32(38)20-5-11-23(35)12-6-20)27(43-29)17-41-30-16-26(46-33(39)21-7-13-24(36)14-8-21)28(44-30)18-42-31(37)19-3-9-22(34)10-4-19/h3-14,25-30H,2,15-18H2,1H3/t25-,26-,27+,28+,29?,30?/m0/s1.